The highest BCUT2D eigenvalue weighted by molar-refractivity contribution is 7.18. The van der Waals surface area contributed by atoms with Crippen LogP contribution in [0.2, 0.25) is 0 Å². The van der Waals surface area contributed by atoms with Crippen LogP contribution in [0.1, 0.15) is 24.0 Å². The van der Waals surface area contributed by atoms with E-state index in [1.54, 1.807) is 7.11 Å². The van der Waals surface area contributed by atoms with Crippen LogP contribution >= 0.6 is 11.3 Å². The maximum Gasteiger partial charge on any atom is 0.124 e. The standard InChI is InChI=1S/C13H18N2O2S/c1-17-8-4-5-9(14)12(16)13-15-10-6-2-3-7-11(10)18-13/h2-3,6-7,9,12,16H,4-5,8,14H2,1H3. The predicted octanol–water partition coefficient (Wildman–Crippen LogP) is 2.08. The van der Waals surface area contributed by atoms with Gasteiger partial charge < -0.3 is 15.6 Å². The lowest BCUT2D eigenvalue weighted by atomic mass is 10.1. The van der Waals surface area contributed by atoms with Crippen molar-refractivity contribution >= 4 is 21.6 Å². The molecule has 0 saturated heterocycles. The molecular weight excluding hydrogens is 248 g/mol. The van der Waals surface area contributed by atoms with Crippen molar-refractivity contribution in [2.45, 2.75) is 25.0 Å². The second-order valence-electron chi connectivity index (χ2n) is 4.26. The van der Waals surface area contributed by atoms with E-state index in [-0.39, 0.29) is 6.04 Å². The van der Waals surface area contributed by atoms with Crippen LogP contribution in [-0.2, 0) is 4.74 Å². The highest BCUT2D eigenvalue weighted by Gasteiger charge is 2.20. The molecule has 0 fully saturated rings. The van der Waals surface area contributed by atoms with Gasteiger partial charge in [0.15, 0.2) is 0 Å². The second kappa shape index (κ2) is 6.24. The summed E-state index contributed by atoms with van der Waals surface area (Å²) in [5.74, 6) is 0. The molecule has 2 unspecified atom stereocenters. The molecular formula is C13H18N2O2S. The van der Waals surface area contributed by atoms with E-state index in [2.05, 4.69) is 4.98 Å². The van der Waals surface area contributed by atoms with Gasteiger partial charge in [-0.3, -0.25) is 0 Å². The summed E-state index contributed by atoms with van der Waals surface area (Å²) in [5, 5.41) is 10.9. The van der Waals surface area contributed by atoms with Gasteiger partial charge in [0.1, 0.15) is 11.1 Å². The molecule has 1 aromatic carbocycles. The number of aromatic nitrogens is 1. The van der Waals surface area contributed by atoms with E-state index in [4.69, 9.17) is 10.5 Å². The Morgan fingerprint density at radius 2 is 2.22 bits per heavy atom. The van der Waals surface area contributed by atoms with Gasteiger partial charge >= 0.3 is 0 Å². The monoisotopic (exact) mass is 266 g/mol. The molecule has 0 aliphatic carbocycles. The van der Waals surface area contributed by atoms with Crippen molar-refractivity contribution in [1.29, 1.82) is 0 Å². The van der Waals surface area contributed by atoms with E-state index >= 15 is 0 Å². The van der Waals surface area contributed by atoms with Gasteiger partial charge in [-0.15, -0.1) is 11.3 Å². The molecule has 5 heteroatoms. The topological polar surface area (TPSA) is 68.4 Å². The summed E-state index contributed by atoms with van der Waals surface area (Å²) in [5.41, 5.74) is 6.89. The van der Waals surface area contributed by atoms with E-state index in [0.717, 1.165) is 23.1 Å². The Morgan fingerprint density at radius 1 is 1.44 bits per heavy atom. The lowest BCUT2D eigenvalue weighted by molar-refractivity contribution is 0.131. The number of hydrogen-bond donors (Lipinski definition) is 2. The summed E-state index contributed by atoms with van der Waals surface area (Å²) in [6, 6.07) is 7.56. The minimum atomic E-state index is -0.695. The SMILES string of the molecule is COCCCC(N)C(O)c1nc2ccccc2s1. The zero-order chi connectivity index (χ0) is 13.0. The first-order chi connectivity index (χ1) is 8.72. The largest absolute Gasteiger partial charge is 0.385 e. The fourth-order valence-electron chi connectivity index (χ4n) is 1.82. The van der Waals surface area contributed by atoms with Gasteiger partial charge in [-0.25, -0.2) is 4.98 Å². The van der Waals surface area contributed by atoms with E-state index in [1.807, 2.05) is 24.3 Å². The van der Waals surface area contributed by atoms with Crippen molar-refractivity contribution in [3.63, 3.8) is 0 Å². The first-order valence-electron chi connectivity index (χ1n) is 6.00. The number of fused-ring (bicyclic) bond motifs is 1. The van der Waals surface area contributed by atoms with E-state index in [9.17, 15) is 5.11 Å². The van der Waals surface area contributed by atoms with Crippen molar-refractivity contribution in [3.05, 3.63) is 29.3 Å². The third kappa shape index (κ3) is 3.05. The minimum Gasteiger partial charge on any atom is -0.385 e. The Labute approximate surface area is 110 Å². The van der Waals surface area contributed by atoms with E-state index in [0.29, 0.717) is 11.6 Å². The Hall–Kier alpha value is -1.01. The third-order valence-electron chi connectivity index (χ3n) is 2.85. The van der Waals surface area contributed by atoms with Crippen LogP contribution in [0.15, 0.2) is 24.3 Å². The predicted molar refractivity (Wildman–Crippen MR) is 73.7 cm³/mol. The average Bonchev–Trinajstić information content (AvgIpc) is 2.81. The summed E-state index contributed by atoms with van der Waals surface area (Å²) in [7, 11) is 1.66. The first kappa shape index (κ1) is 13.4. The number of aliphatic hydroxyl groups is 1. The van der Waals surface area contributed by atoms with Gasteiger partial charge in [-0.05, 0) is 25.0 Å². The second-order valence-corrected chi connectivity index (χ2v) is 5.33. The number of nitrogens with two attached hydrogens (primary N) is 1. The molecule has 0 saturated carbocycles. The van der Waals surface area contributed by atoms with Crippen LogP contribution < -0.4 is 5.73 Å². The molecule has 1 aromatic heterocycles. The zero-order valence-corrected chi connectivity index (χ0v) is 11.2. The van der Waals surface area contributed by atoms with Gasteiger partial charge in [0.05, 0.1) is 10.2 Å². The van der Waals surface area contributed by atoms with Gasteiger partial charge in [-0.2, -0.15) is 0 Å². The molecule has 0 spiro atoms. The number of benzene rings is 1. The fraction of sp³-hybridized carbons (Fsp3) is 0.462. The van der Waals surface area contributed by atoms with Gasteiger partial charge in [0.25, 0.3) is 0 Å². The highest BCUT2D eigenvalue weighted by Crippen LogP contribution is 2.28. The van der Waals surface area contributed by atoms with Crippen LogP contribution in [0, 0.1) is 0 Å². The number of para-hydroxylation sites is 1. The number of aliphatic hydroxyl groups excluding tert-OH is 1. The number of nitrogens with zero attached hydrogens (tertiary/aromatic N) is 1. The van der Waals surface area contributed by atoms with Crippen LogP contribution in [0.3, 0.4) is 0 Å². The number of ether oxygens (including phenoxy) is 1. The van der Waals surface area contributed by atoms with E-state index < -0.39 is 6.10 Å². The molecule has 2 aromatic rings. The summed E-state index contributed by atoms with van der Waals surface area (Å²) in [6.07, 6.45) is 0.879. The zero-order valence-electron chi connectivity index (χ0n) is 10.4. The lowest BCUT2D eigenvalue weighted by Crippen LogP contribution is -2.28. The maximum atomic E-state index is 10.2. The number of thiazole rings is 1. The molecule has 0 aliphatic heterocycles. The summed E-state index contributed by atoms with van der Waals surface area (Å²) in [4.78, 5) is 4.42. The van der Waals surface area contributed by atoms with Gasteiger partial charge in [0.2, 0.25) is 0 Å². The molecule has 3 N–H and O–H groups in total. The normalized spacial score (nSPS) is 14.8. The van der Waals surface area contributed by atoms with Crippen LogP contribution in [-0.4, -0.2) is 29.8 Å². The number of rotatable bonds is 6. The molecule has 2 rings (SSSR count). The molecule has 0 amide bonds. The van der Waals surface area contributed by atoms with Crippen molar-refractivity contribution in [2.24, 2.45) is 5.73 Å². The van der Waals surface area contributed by atoms with Crippen molar-refractivity contribution in [2.75, 3.05) is 13.7 Å². The molecule has 0 bridgehead atoms. The highest BCUT2D eigenvalue weighted by atomic mass is 32.1. The van der Waals surface area contributed by atoms with Gasteiger partial charge in [0, 0.05) is 19.8 Å². The molecule has 1 heterocycles. The van der Waals surface area contributed by atoms with Crippen LogP contribution in [0.4, 0.5) is 0 Å². The summed E-state index contributed by atoms with van der Waals surface area (Å²) >= 11 is 1.50. The number of hydrogen-bond acceptors (Lipinski definition) is 5. The molecule has 0 radical (unpaired) electrons. The number of methoxy groups -OCH3 is 1. The molecule has 0 aliphatic rings. The Balaban J connectivity index is 2.05. The molecule has 2 atom stereocenters. The minimum absolute atomic E-state index is 0.291. The van der Waals surface area contributed by atoms with Crippen LogP contribution in [0.5, 0.6) is 0 Å². The van der Waals surface area contributed by atoms with Crippen LogP contribution in [0.25, 0.3) is 10.2 Å². The maximum absolute atomic E-state index is 10.2. The Kier molecular flexibility index (Phi) is 4.66. The quantitative estimate of drug-likeness (QED) is 0.786. The average molecular weight is 266 g/mol. The van der Waals surface area contributed by atoms with Gasteiger partial charge in [-0.1, -0.05) is 12.1 Å². The lowest BCUT2D eigenvalue weighted by Gasteiger charge is -2.16. The van der Waals surface area contributed by atoms with Crippen molar-refractivity contribution < 1.29 is 9.84 Å². The van der Waals surface area contributed by atoms with E-state index in [1.165, 1.54) is 11.3 Å². The molecule has 4 nitrogen and oxygen atoms in total. The summed E-state index contributed by atoms with van der Waals surface area (Å²) < 4.78 is 6.05. The van der Waals surface area contributed by atoms with Crippen molar-refractivity contribution in [1.82, 2.24) is 4.98 Å². The summed E-state index contributed by atoms with van der Waals surface area (Å²) in [6.45, 7) is 0.667. The Morgan fingerprint density at radius 3 is 2.94 bits per heavy atom. The fourth-order valence-corrected chi connectivity index (χ4v) is 2.85. The van der Waals surface area contributed by atoms with Crippen molar-refractivity contribution in [3.8, 4) is 0 Å². The first-order valence-corrected chi connectivity index (χ1v) is 6.82. The smallest absolute Gasteiger partial charge is 0.124 e. The Bertz CT molecular complexity index is 467. The molecule has 98 valence electrons. The third-order valence-corrected chi connectivity index (χ3v) is 3.96. The molecule has 18 heavy (non-hydrogen) atoms.